The van der Waals surface area contributed by atoms with Crippen LogP contribution in [-0.4, -0.2) is 6.04 Å². The molecule has 1 fully saturated rings. The molecule has 106 valence electrons. The Hall–Kier alpha value is -1.69. The maximum atomic E-state index is 8.87. The molecule has 0 unspecified atom stereocenters. The SMILES string of the molecule is N#Cc1ccc(NC2CC(c3cccc(Cl)c3)C2)cc1Cl. The number of halogens is 2. The molecule has 0 aliphatic heterocycles. The number of anilines is 1. The van der Waals surface area contributed by atoms with Crippen molar-refractivity contribution in [3.8, 4) is 6.07 Å². The van der Waals surface area contributed by atoms with Crippen LogP contribution in [0.4, 0.5) is 5.69 Å². The molecule has 0 saturated heterocycles. The van der Waals surface area contributed by atoms with E-state index in [4.69, 9.17) is 28.5 Å². The van der Waals surface area contributed by atoms with E-state index in [1.165, 1.54) is 5.56 Å². The molecule has 1 aliphatic rings. The largest absolute Gasteiger partial charge is 0.382 e. The van der Waals surface area contributed by atoms with Gasteiger partial charge >= 0.3 is 0 Å². The second-order valence-electron chi connectivity index (χ2n) is 5.37. The fourth-order valence-electron chi connectivity index (χ4n) is 2.70. The summed E-state index contributed by atoms with van der Waals surface area (Å²) in [4.78, 5) is 0. The first-order valence-corrected chi connectivity index (χ1v) is 7.63. The first-order chi connectivity index (χ1) is 10.2. The molecule has 2 aromatic rings. The molecule has 1 N–H and O–H groups in total. The van der Waals surface area contributed by atoms with Gasteiger partial charge in [-0.25, -0.2) is 0 Å². The van der Waals surface area contributed by atoms with E-state index in [1.807, 2.05) is 30.3 Å². The van der Waals surface area contributed by atoms with E-state index < -0.39 is 0 Å². The molecule has 2 aromatic carbocycles. The van der Waals surface area contributed by atoms with Crippen molar-refractivity contribution < 1.29 is 0 Å². The second-order valence-corrected chi connectivity index (χ2v) is 6.21. The maximum absolute atomic E-state index is 8.87. The van der Waals surface area contributed by atoms with E-state index in [9.17, 15) is 0 Å². The number of benzene rings is 2. The van der Waals surface area contributed by atoms with Gasteiger partial charge in [-0.05, 0) is 54.7 Å². The number of nitriles is 1. The Balaban J connectivity index is 1.60. The summed E-state index contributed by atoms with van der Waals surface area (Å²) in [5.41, 5.74) is 2.78. The Labute approximate surface area is 134 Å². The van der Waals surface area contributed by atoms with Crippen LogP contribution in [-0.2, 0) is 0 Å². The third kappa shape index (κ3) is 3.15. The highest BCUT2D eigenvalue weighted by Crippen LogP contribution is 2.39. The van der Waals surface area contributed by atoms with Crippen LogP contribution in [0.5, 0.6) is 0 Å². The van der Waals surface area contributed by atoms with Gasteiger partial charge in [0.05, 0.1) is 10.6 Å². The maximum Gasteiger partial charge on any atom is 0.101 e. The van der Waals surface area contributed by atoms with E-state index >= 15 is 0 Å². The summed E-state index contributed by atoms with van der Waals surface area (Å²) in [6.07, 6.45) is 2.16. The summed E-state index contributed by atoms with van der Waals surface area (Å²) in [7, 11) is 0. The third-order valence-electron chi connectivity index (χ3n) is 3.92. The number of nitrogens with zero attached hydrogens (tertiary/aromatic N) is 1. The Kier molecular flexibility index (Phi) is 4.05. The van der Waals surface area contributed by atoms with Crippen molar-refractivity contribution in [1.29, 1.82) is 5.26 Å². The molecule has 0 heterocycles. The monoisotopic (exact) mass is 316 g/mol. The molecule has 1 saturated carbocycles. The molecule has 0 radical (unpaired) electrons. The summed E-state index contributed by atoms with van der Waals surface area (Å²) in [5.74, 6) is 0.565. The van der Waals surface area contributed by atoms with E-state index in [2.05, 4.69) is 17.5 Å². The average Bonchev–Trinajstić information content (AvgIpc) is 2.42. The van der Waals surface area contributed by atoms with Gasteiger partial charge in [-0.2, -0.15) is 5.26 Å². The predicted molar refractivity (Wildman–Crippen MR) is 87.0 cm³/mol. The fourth-order valence-corrected chi connectivity index (χ4v) is 3.12. The molecule has 0 aromatic heterocycles. The lowest BCUT2D eigenvalue weighted by Crippen LogP contribution is -2.33. The zero-order chi connectivity index (χ0) is 14.8. The van der Waals surface area contributed by atoms with Crippen molar-refractivity contribution in [1.82, 2.24) is 0 Å². The Morgan fingerprint density at radius 2 is 1.90 bits per heavy atom. The standard InChI is InChI=1S/C17H14Cl2N2/c18-14-3-1-2-11(6-14)13-7-16(8-13)21-15-5-4-12(10-20)17(19)9-15/h1-6,9,13,16,21H,7-8H2. The van der Waals surface area contributed by atoms with Gasteiger partial charge in [0.2, 0.25) is 0 Å². The van der Waals surface area contributed by atoms with E-state index in [-0.39, 0.29) is 0 Å². The second kappa shape index (κ2) is 5.97. The molecule has 2 nitrogen and oxygen atoms in total. The topological polar surface area (TPSA) is 35.8 Å². The zero-order valence-electron chi connectivity index (χ0n) is 11.3. The van der Waals surface area contributed by atoms with Crippen molar-refractivity contribution >= 4 is 28.9 Å². The number of hydrogen-bond donors (Lipinski definition) is 1. The summed E-state index contributed by atoms with van der Waals surface area (Å²) in [5, 5.41) is 13.6. The van der Waals surface area contributed by atoms with Gasteiger partial charge in [0.25, 0.3) is 0 Å². The summed E-state index contributed by atoms with van der Waals surface area (Å²) >= 11 is 12.1. The van der Waals surface area contributed by atoms with Gasteiger partial charge in [-0.1, -0.05) is 35.3 Å². The van der Waals surface area contributed by atoms with Gasteiger partial charge in [0.15, 0.2) is 0 Å². The Morgan fingerprint density at radius 3 is 2.57 bits per heavy atom. The molecule has 0 atom stereocenters. The van der Waals surface area contributed by atoms with Crippen LogP contribution >= 0.6 is 23.2 Å². The lowest BCUT2D eigenvalue weighted by molar-refractivity contribution is 0.374. The highest BCUT2D eigenvalue weighted by Gasteiger charge is 2.30. The van der Waals surface area contributed by atoms with Crippen LogP contribution in [0.2, 0.25) is 10.0 Å². The van der Waals surface area contributed by atoms with Crippen LogP contribution in [0.1, 0.15) is 29.9 Å². The van der Waals surface area contributed by atoms with Crippen LogP contribution in [0.15, 0.2) is 42.5 Å². The molecular formula is C17H14Cl2N2. The fraction of sp³-hybridized carbons (Fsp3) is 0.235. The van der Waals surface area contributed by atoms with Crippen molar-refractivity contribution in [2.75, 3.05) is 5.32 Å². The van der Waals surface area contributed by atoms with Gasteiger partial charge in [0.1, 0.15) is 6.07 Å². The third-order valence-corrected chi connectivity index (χ3v) is 4.47. The van der Waals surface area contributed by atoms with Crippen LogP contribution < -0.4 is 5.32 Å². The van der Waals surface area contributed by atoms with Crippen molar-refractivity contribution in [3.63, 3.8) is 0 Å². The number of hydrogen-bond acceptors (Lipinski definition) is 2. The molecule has 0 spiro atoms. The van der Waals surface area contributed by atoms with Crippen LogP contribution in [0, 0.1) is 11.3 Å². The average molecular weight is 317 g/mol. The zero-order valence-corrected chi connectivity index (χ0v) is 12.8. The molecule has 0 amide bonds. The Bertz CT molecular complexity index is 700. The minimum absolute atomic E-state index is 0.443. The van der Waals surface area contributed by atoms with E-state index in [0.717, 1.165) is 23.6 Å². The smallest absolute Gasteiger partial charge is 0.101 e. The molecule has 21 heavy (non-hydrogen) atoms. The van der Waals surface area contributed by atoms with Crippen LogP contribution in [0.3, 0.4) is 0 Å². The summed E-state index contributed by atoms with van der Waals surface area (Å²) < 4.78 is 0. The lowest BCUT2D eigenvalue weighted by Gasteiger charge is -2.37. The normalized spacial score (nSPS) is 20.4. The van der Waals surface area contributed by atoms with Crippen molar-refractivity contribution in [2.24, 2.45) is 0 Å². The summed E-state index contributed by atoms with van der Waals surface area (Å²) in [6, 6.07) is 16.0. The predicted octanol–water partition coefficient (Wildman–Crippen LogP) is 5.22. The van der Waals surface area contributed by atoms with Gasteiger partial charge in [-0.15, -0.1) is 0 Å². The molecular weight excluding hydrogens is 303 g/mol. The lowest BCUT2D eigenvalue weighted by atomic mass is 9.76. The minimum atomic E-state index is 0.443. The molecule has 3 rings (SSSR count). The van der Waals surface area contributed by atoms with Crippen LogP contribution in [0.25, 0.3) is 0 Å². The van der Waals surface area contributed by atoms with Gasteiger partial charge < -0.3 is 5.32 Å². The van der Waals surface area contributed by atoms with Crippen molar-refractivity contribution in [3.05, 3.63) is 63.6 Å². The van der Waals surface area contributed by atoms with Crippen molar-refractivity contribution in [2.45, 2.75) is 24.8 Å². The van der Waals surface area contributed by atoms with E-state index in [1.54, 1.807) is 6.07 Å². The molecule has 0 bridgehead atoms. The minimum Gasteiger partial charge on any atom is -0.382 e. The van der Waals surface area contributed by atoms with E-state index in [0.29, 0.717) is 22.5 Å². The highest BCUT2D eigenvalue weighted by molar-refractivity contribution is 6.32. The summed E-state index contributed by atoms with van der Waals surface area (Å²) in [6.45, 7) is 0. The first kappa shape index (κ1) is 14.3. The Morgan fingerprint density at radius 1 is 1.10 bits per heavy atom. The molecule has 4 heteroatoms. The van der Waals surface area contributed by atoms with Gasteiger partial charge in [0, 0.05) is 16.8 Å². The number of rotatable bonds is 3. The molecule has 1 aliphatic carbocycles. The highest BCUT2D eigenvalue weighted by atomic mass is 35.5. The number of nitrogens with one attached hydrogen (secondary N) is 1. The van der Waals surface area contributed by atoms with Gasteiger partial charge in [-0.3, -0.25) is 0 Å². The first-order valence-electron chi connectivity index (χ1n) is 6.87. The quantitative estimate of drug-likeness (QED) is 0.842.